The first-order valence-corrected chi connectivity index (χ1v) is 6.86. The minimum Gasteiger partial charge on any atom is -0.466 e. The van der Waals surface area contributed by atoms with Crippen LogP contribution in [0.1, 0.15) is 37.4 Å². The quantitative estimate of drug-likeness (QED) is 0.797. The molecule has 0 saturated carbocycles. The predicted octanol–water partition coefficient (Wildman–Crippen LogP) is 2.93. The lowest BCUT2D eigenvalue weighted by Crippen LogP contribution is -2.12. The molecule has 5 nitrogen and oxygen atoms in total. The standard InChI is InChI=1S/C12H13F2N3O2S/c1-3-19-11(18)7(2)8-4-15-17(5-8)12-16-9(6-20-12)10(13)14/h4-7,10H,3H2,1-2H3. The van der Waals surface area contributed by atoms with Gasteiger partial charge in [-0.25, -0.2) is 18.4 Å². The van der Waals surface area contributed by atoms with E-state index in [4.69, 9.17) is 4.74 Å². The normalized spacial score (nSPS) is 12.7. The number of carbonyl (C=O) groups is 1. The first kappa shape index (κ1) is 14.6. The third-order valence-corrected chi connectivity index (χ3v) is 3.52. The molecule has 0 spiro atoms. The Morgan fingerprint density at radius 3 is 2.90 bits per heavy atom. The average molecular weight is 301 g/mol. The second-order valence-corrected chi connectivity index (χ2v) is 4.88. The summed E-state index contributed by atoms with van der Waals surface area (Å²) in [6.07, 6.45) is 0.495. The Morgan fingerprint density at radius 2 is 2.30 bits per heavy atom. The first-order chi connectivity index (χ1) is 9.52. The fourth-order valence-corrected chi connectivity index (χ4v) is 2.30. The van der Waals surface area contributed by atoms with Crippen molar-refractivity contribution in [2.75, 3.05) is 6.61 Å². The molecule has 8 heteroatoms. The third kappa shape index (κ3) is 3.01. The molecule has 0 radical (unpaired) electrons. The van der Waals surface area contributed by atoms with Crippen LogP contribution in [0.3, 0.4) is 0 Å². The van der Waals surface area contributed by atoms with Gasteiger partial charge in [-0.05, 0) is 13.8 Å². The van der Waals surface area contributed by atoms with Crippen LogP contribution >= 0.6 is 11.3 Å². The number of halogens is 2. The first-order valence-electron chi connectivity index (χ1n) is 5.98. The van der Waals surface area contributed by atoms with Crippen molar-refractivity contribution in [2.24, 2.45) is 0 Å². The van der Waals surface area contributed by atoms with Crippen LogP contribution in [0.25, 0.3) is 5.13 Å². The topological polar surface area (TPSA) is 57.0 Å². The number of alkyl halides is 2. The summed E-state index contributed by atoms with van der Waals surface area (Å²) >= 11 is 1.07. The summed E-state index contributed by atoms with van der Waals surface area (Å²) < 4.78 is 31.2. The molecule has 2 heterocycles. The summed E-state index contributed by atoms with van der Waals surface area (Å²) in [5.74, 6) is -0.808. The molecule has 0 saturated heterocycles. The maximum atomic E-state index is 12.5. The van der Waals surface area contributed by atoms with Crippen LogP contribution in [0.5, 0.6) is 0 Å². The monoisotopic (exact) mass is 301 g/mol. The summed E-state index contributed by atoms with van der Waals surface area (Å²) in [7, 11) is 0. The van der Waals surface area contributed by atoms with Crippen molar-refractivity contribution < 1.29 is 18.3 Å². The Bertz CT molecular complexity index is 597. The molecule has 0 bridgehead atoms. The number of rotatable bonds is 5. The number of hydrogen-bond donors (Lipinski definition) is 0. The van der Waals surface area contributed by atoms with Gasteiger partial charge in [0.05, 0.1) is 18.7 Å². The molecule has 108 valence electrons. The molecule has 0 aliphatic heterocycles. The molecule has 2 rings (SSSR count). The van der Waals surface area contributed by atoms with Gasteiger partial charge in [0.1, 0.15) is 5.69 Å². The van der Waals surface area contributed by atoms with E-state index in [-0.39, 0.29) is 11.7 Å². The van der Waals surface area contributed by atoms with Crippen molar-refractivity contribution in [2.45, 2.75) is 26.2 Å². The van der Waals surface area contributed by atoms with E-state index in [1.54, 1.807) is 20.0 Å². The lowest BCUT2D eigenvalue weighted by Gasteiger charge is -2.07. The highest BCUT2D eigenvalue weighted by Crippen LogP contribution is 2.24. The van der Waals surface area contributed by atoms with Gasteiger partial charge < -0.3 is 4.74 Å². The Labute approximate surface area is 118 Å². The van der Waals surface area contributed by atoms with Gasteiger partial charge in [0, 0.05) is 17.1 Å². The van der Waals surface area contributed by atoms with Crippen LogP contribution in [-0.4, -0.2) is 27.3 Å². The van der Waals surface area contributed by atoms with E-state index in [2.05, 4.69) is 10.1 Å². The molecule has 0 aliphatic rings. The van der Waals surface area contributed by atoms with Gasteiger partial charge in [-0.3, -0.25) is 4.79 Å². The molecule has 2 aromatic rings. The summed E-state index contributed by atoms with van der Waals surface area (Å²) in [5, 5.41) is 5.66. The minimum absolute atomic E-state index is 0.277. The predicted molar refractivity (Wildman–Crippen MR) is 69.2 cm³/mol. The fraction of sp³-hybridized carbons (Fsp3) is 0.417. The van der Waals surface area contributed by atoms with E-state index >= 15 is 0 Å². The highest BCUT2D eigenvalue weighted by atomic mass is 32.1. The Morgan fingerprint density at radius 1 is 1.55 bits per heavy atom. The number of aromatic nitrogens is 3. The molecule has 1 atom stereocenters. The van der Waals surface area contributed by atoms with E-state index in [1.165, 1.54) is 16.3 Å². The molecular formula is C12H13F2N3O2S. The number of thiazole rings is 1. The second-order valence-electron chi connectivity index (χ2n) is 4.05. The Balaban J connectivity index is 2.17. The van der Waals surface area contributed by atoms with Crippen molar-refractivity contribution in [1.29, 1.82) is 0 Å². The van der Waals surface area contributed by atoms with E-state index in [1.807, 2.05) is 0 Å². The number of hydrogen-bond acceptors (Lipinski definition) is 5. The molecule has 0 fully saturated rings. The average Bonchev–Trinajstić information content (AvgIpc) is 3.06. The van der Waals surface area contributed by atoms with Gasteiger partial charge in [-0.1, -0.05) is 0 Å². The van der Waals surface area contributed by atoms with Gasteiger partial charge in [-0.15, -0.1) is 11.3 Å². The zero-order chi connectivity index (χ0) is 14.7. The molecule has 2 aromatic heterocycles. The Hall–Kier alpha value is -1.83. The fourth-order valence-electron chi connectivity index (χ4n) is 1.55. The molecule has 1 unspecified atom stereocenters. The van der Waals surface area contributed by atoms with Crippen LogP contribution in [-0.2, 0) is 9.53 Å². The molecule has 0 aliphatic carbocycles. The van der Waals surface area contributed by atoms with E-state index in [9.17, 15) is 13.6 Å². The molecule has 0 N–H and O–H groups in total. The molecular weight excluding hydrogens is 288 g/mol. The van der Waals surface area contributed by atoms with E-state index in [0.717, 1.165) is 11.3 Å². The zero-order valence-electron chi connectivity index (χ0n) is 10.9. The van der Waals surface area contributed by atoms with Gasteiger partial charge >= 0.3 is 5.97 Å². The highest BCUT2D eigenvalue weighted by molar-refractivity contribution is 7.12. The van der Waals surface area contributed by atoms with Crippen molar-refractivity contribution >= 4 is 17.3 Å². The van der Waals surface area contributed by atoms with Crippen LogP contribution in [0.4, 0.5) is 8.78 Å². The SMILES string of the molecule is CCOC(=O)C(C)c1cnn(-c2nc(C(F)F)cs2)c1. The van der Waals surface area contributed by atoms with Gasteiger partial charge in [0.15, 0.2) is 0 Å². The highest BCUT2D eigenvalue weighted by Gasteiger charge is 2.19. The summed E-state index contributed by atoms with van der Waals surface area (Å²) in [4.78, 5) is 15.4. The smallest absolute Gasteiger partial charge is 0.313 e. The van der Waals surface area contributed by atoms with Gasteiger partial charge in [0.2, 0.25) is 5.13 Å². The number of carbonyl (C=O) groups excluding carboxylic acids is 1. The maximum Gasteiger partial charge on any atom is 0.313 e. The second kappa shape index (κ2) is 6.08. The number of ether oxygens (including phenoxy) is 1. The lowest BCUT2D eigenvalue weighted by molar-refractivity contribution is -0.144. The summed E-state index contributed by atoms with van der Waals surface area (Å²) in [6, 6.07) is 0. The third-order valence-electron chi connectivity index (χ3n) is 2.67. The van der Waals surface area contributed by atoms with E-state index in [0.29, 0.717) is 17.3 Å². The largest absolute Gasteiger partial charge is 0.466 e. The van der Waals surface area contributed by atoms with Crippen LogP contribution in [0, 0.1) is 0 Å². The van der Waals surface area contributed by atoms with Crippen molar-refractivity contribution in [3.63, 3.8) is 0 Å². The molecule has 0 amide bonds. The Kier molecular flexibility index (Phi) is 4.43. The minimum atomic E-state index is -2.60. The summed E-state index contributed by atoms with van der Waals surface area (Å²) in [5.41, 5.74) is 0.373. The van der Waals surface area contributed by atoms with E-state index < -0.39 is 12.3 Å². The number of nitrogens with zero attached hydrogens (tertiary/aromatic N) is 3. The number of esters is 1. The van der Waals surface area contributed by atoms with Crippen LogP contribution in [0.15, 0.2) is 17.8 Å². The van der Waals surface area contributed by atoms with Crippen molar-refractivity contribution in [1.82, 2.24) is 14.8 Å². The molecule has 0 aromatic carbocycles. The zero-order valence-corrected chi connectivity index (χ0v) is 11.7. The molecule has 20 heavy (non-hydrogen) atoms. The van der Waals surface area contributed by atoms with Gasteiger partial charge in [-0.2, -0.15) is 5.10 Å². The van der Waals surface area contributed by atoms with Gasteiger partial charge in [0.25, 0.3) is 6.43 Å². The maximum absolute atomic E-state index is 12.5. The van der Waals surface area contributed by atoms with Crippen LogP contribution < -0.4 is 0 Å². The van der Waals surface area contributed by atoms with Crippen LogP contribution in [0.2, 0.25) is 0 Å². The van der Waals surface area contributed by atoms with Crippen molar-refractivity contribution in [3.05, 3.63) is 29.0 Å². The van der Waals surface area contributed by atoms with Crippen molar-refractivity contribution in [3.8, 4) is 5.13 Å². The lowest BCUT2D eigenvalue weighted by atomic mass is 10.1. The summed E-state index contributed by atoms with van der Waals surface area (Å²) in [6.45, 7) is 3.74.